The van der Waals surface area contributed by atoms with Gasteiger partial charge in [0.15, 0.2) is 0 Å². The molecule has 0 saturated heterocycles. The Hall–Kier alpha value is 0.200. The number of unbranched alkanes of at least 4 members (excludes halogenated alkanes) is 1. The monoisotopic (exact) mass is 308 g/mol. The van der Waals surface area contributed by atoms with Crippen molar-refractivity contribution >= 4 is 34.5 Å². The molecule has 18 heavy (non-hydrogen) atoms. The number of hydrazine groups is 1. The van der Waals surface area contributed by atoms with Crippen LogP contribution in [0.25, 0.3) is 0 Å². The number of thiophene rings is 1. The summed E-state index contributed by atoms with van der Waals surface area (Å²) >= 11 is 13.6. The van der Waals surface area contributed by atoms with E-state index in [2.05, 4.69) is 19.3 Å². The highest BCUT2D eigenvalue weighted by Crippen LogP contribution is 2.37. The lowest BCUT2D eigenvalue weighted by Crippen LogP contribution is -2.29. The summed E-state index contributed by atoms with van der Waals surface area (Å²) in [5.74, 6) is 6.35. The Bertz CT molecular complexity index is 355. The van der Waals surface area contributed by atoms with Crippen LogP contribution in [0.5, 0.6) is 0 Å². The molecular formula is C13H22Cl2N2S. The Balaban J connectivity index is 2.68. The molecule has 0 radical (unpaired) electrons. The van der Waals surface area contributed by atoms with Gasteiger partial charge in [-0.15, -0.1) is 11.3 Å². The minimum Gasteiger partial charge on any atom is -0.271 e. The quantitative estimate of drug-likeness (QED) is 0.514. The van der Waals surface area contributed by atoms with E-state index >= 15 is 0 Å². The molecule has 0 fully saturated rings. The average molecular weight is 309 g/mol. The van der Waals surface area contributed by atoms with Crippen molar-refractivity contribution in [1.29, 1.82) is 0 Å². The van der Waals surface area contributed by atoms with Crippen LogP contribution < -0.4 is 11.3 Å². The van der Waals surface area contributed by atoms with Gasteiger partial charge in [0, 0.05) is 11.6 Å². The van der Waals surface area contributed by atoms with Crippen molar-refractivity contribution in [2.75, 3.05) is 0 Å². The summed E-state index contributed by atoms with van der Waals surface area (Å²) < 4.78 is 1.46. The highest BCUT2D eigenvalue weighted by Gasteiger charge is 2.20. The van der Waals surface area contributed by atoms with Crippen LogP contribution in [0.3, 0.4) is 0 Å². The predicted octanol–water partition coefficient (Wildman–Crippen LogP) is 5.17. The van der Waals surface area contributed by atoms with E-state index in [-0.39, 0.29) is 6.04 Å². The van der Waals surface area contributed by atoms with E-state index in [9.17, 15) is 0 Å². The van der Waals surface area contributed by atoms with Crippen molar-refractivity contribution < 1.29 is 0 Å². The lowest BCUT2D eigenvalue weighted by atomic mass is 9.90. The summed E-state index contributed by atoms with van der Waals surface area (Å²) in [6.45, 7) is 4.46. The van der Waals surface area contributed by atoms with Gasteiger partial charge in [-0.1, -0.05) is 62.7 Å². The molecule has 0 amide bonds. The second-order valence-corrected chi connectivity index (χ2v) is 6.94. The summed E-state index contributed by atoms with van der Waals surface area (Å²) in [5, 5.41) is 0. The number of hydrogen-bond acceptors (Lipinski definition) is 3. The first kappa shape index (κ1) is 16.3. The summed E-state index contributed by atoms with van der Waals surface area (Å²) in [7, 11) is 0. The molecule has 0 aliphatic heterocycles. The molecule has 2 unspecified atom stereocenters. The zero-order chi connectivity index (χ0) is 13.5. The number of nitrogens with two attached hydrogens (primary N) is 1. The number of halogens is 2. The Morgan fingerprint density at radius 1 is 1.39 bits per heavy atom. The zero-order valence-electron chi connectivity index (χ0n) is 11.0. The SMILES string of the molecule is CCCCC(CC)CC(NN)c1cc(Cl)sc1Cl. The molecule has 1 heterocycles. The van der Waals surface area contributed by atoms with Crippen molar-refractivity contribution in [2.45, 2.75) is 52.0 Å². The molecule has 0 aromatic carbocycles. The summed E-state index contributed by atoms with van der Waals surface area (Å²) in [4.78, 5) is 0. The fourth-order valence-corrected chi connectivity index (χ4v) is 3.77. The maximum Gasteiger partial charge on any atom is 0.0992 e. The maximum atomic E-state index is 6.19. The standard InChI is InChI=1S/C13H22Cl2N2S/c1-3-5-6-9(4-2)7-11(17-16)10-8-12(14)18-13(10)15/h8-9,11,17H,3-7,16H2,1-2H3. The van der Waals surface area contributed by atoms with Gasteiger partial charge in [0.2, 0.25) is 0 Å². The molecule has 0 aliphatic carbocycles. The first-order valence-electron chi connectivity index (χ1n) is 6.53. The second kappa shape index (κ2) is 8.39. The molecule has 1 aromatic heterocycles. The molecule has 2 atom stereocenters. The molecule has 1 aromatic rings. The molecule has 0 saturated carbocycles. The molecule has 5 heteroatoms. The lowest BCUT2D eigenvalue weighted by Gasteiger charge is -2.22. The molecule has 0 aliphatic rings. The van der Waals surface area contributed by atoms with E-state index in [1.807, 2.05) is 6.07 Å². The van der Waals surface area contributed by atoms with E-state index in [0.717, 1.165) is 20.7 Å². The maximum absolute atomic E-state index is 6.19. The number of nitrogens with one attached hydrogen (secondary N) is 1. The Morgan fingerprint density at radius 2 is 2.11 bits per heavy atom. The fourth-order valence-electron chi connectivity index (χ4n) is 2.19. The molecule has 0 bridgehead atoms. The minimum absolute atomic E-state index is 0.100. The third-order valence-corrected chi connectivity index (χ3v) is 4.89. The normalized spacial score (nSPS) is 14.7. The molecule has 2 nitrogen and oxygen atoms in total. The van der Waals surface area contributed by atoms with E-state index in [0.29, 0.717) is 5.92 Å². The average Bonchev–Trinajstić information content (AvgIpc) is 2.69. The van der Waals surface area contributed by atoms with Gasteiger partial charge in [0.05, 0.1) is 8.67 Å². The lowest BCUT2D eigenvalue weighted by molar-refractivity contribution is 0.357. The van der Waals surface area contributed by atoms with Gasteiger partial charge in [-0.25, -0.2) is 0 Å². The van der Waals surface area contributed by atoms with Gasteiger partial charge < -0.3 is 0 Å². The molecule has 3 N–H and O–H groups in total. The molecule has 104 valence electrons. The van der Waals surface area contributed by atoms with Gasteiger partial charge in [-0.3, -0.25) is 11.3 Å². The van der Waals surface area contributed by atoms with E-state index in [1.165, 1.54) is 37.0 Å². The highest BCUT2D eigenvalue weighted by molar-refractivity contribution is 7.20. The second-order valence-electron chi connectivity index (χ2n) is 4.65. The highest BCUT2D eigenvalue weighted by atomic mass is 35.5. The zero-order valence-corrected chi connectivity index (χ0v) is 13.3. The van der Waals surface area contributed by atoms with E-state index < -0.39 is 0 Å². The van der Waals surface area contributed by atoms with Crippen LogP contribution in [-0.2, 0) is 0 Å². The fraction of sp³-hybridized carbons (Fsp3) is 0.692. The van der Waals surface area contributed by atoms with Crippen molar-refractivity contribution in [1.82, 2.24) is 5.43 Å². The van der Waals surface area contributed by atoms with Crippen LogP contribution >= 0.6 is 34.5 Å². The first-order valence-corrected chi connectivity index (χ1v) is 8.10. The first-order chi connectivity index (χ1) is 8.62. The largest absolute Gasteiger partial charge is 0.271 e. The predicted molar refractivity (Wildman–Crippen MR) is 82.3 cm³/mol. The molecule has 0 spiro atoms. The van der Waals surface area contributed by atoms with Crippen molar-refractivity contribution in [3.8, 4) is 0 Å². The van der Waals surface area contributed by atoms with E-state index in [4.69, 9.17) is 29.0 Å². The summed E-state index contributed by atoms with van der Waals surface area (Å²) in [6.07, 6.45) is 5.95. The summed E-state index contributed by atoms with van der Waals surface area (Å²) in [6, 6.07) is 2.02. The van der Waals surface area contributed by atoms with Gasteiger partial charge in [0.1, 0.15) is 0 Å². The van der Waals surface area contributed by atoms with Crippen LogP contribution in [0.15, 0.2) is 6.07 Å². The van der Waals surface area contributed by atoms with Crippen molar-refractivity contribution in [2.24, 2.45) is 11.8 Å². The molecular weight excluding hydrogens is 287 g/mol. The van der Waals surface area contributed by atoms with Crippen LogP contribution in [0.4, 0.5) is 0 Å². The minimum atomic E-state index is 0.100. The van der Waals surface area contributed by atoms with Gasteiger partial charge >= 0.3 is 0 Å². The van der Waals surface area contributed by atoms with Gasteiger partial charge in [-0.05, 0) is 18.4 Å². The van der Waals surface area contributed by atoms with Gasteiger partial charge in [0.25, 0.3) is 0 Å². The van der Waals surface area contributed by atoms with Gasteiger partial charge in [-0.2, -0.15) is 0 Å². The summed E-state index contributed by atoms with van der Waals surface area (Å²) in [5.41, 5.74) is 3.91. The van der Waals surface area contributed by atoms with Crippen LogP contribution in [-0.4, -0.2) is 0 Å². The number of hydrogen-bond donors (Lipinski definition) is 2. The smallest absolute Gasteiger partial charge is 0.0992 e. The molecule has 1 rings (SSSR count). The third kappa shape index (κ3) is 4.71. The van der Waals surface area contributed by atoms with E-state index in [1.54, 1.807) is 0 Å². The van der Waals surface area contributed by atoms with Crippen LogP contribution in [0.2, 0.25) is 8.67 Å². The Kier molecular flexibility index (Phi) is 7.57. The number of rotatable bonds is 8. The Labute approximate surface area is 124 Å². The third-order valence-electron chi connectivity index (χ3n) is 3.37. The van der Waals surface area contributed by atoms with Crippen LogP contribution in [0.1, 0.15) is 57.6 Å². The topological polar surface area (TPSA) is 38.0 Å². The van der Waals surface area contributed by atoms with Crippen molar-refractivity contribution in [3.05, 3.63) is 20.3 Å². The Morgan fingerprint density at radius 3 is 2.56 bits per heavy atom. The van der Waals surface area contributed by atoms with Crippen molar-refractivity contribution in [3.63, 3.8) is 0 Å². The van der Waals surface area contributed by atoms with Crippen LogP contribution in [0, 0.1) is 5.92 Å².